The van der Waals surface area contributed by atoms with E-state index in [2.05, 4.69) is 50.6 Å². The second-order valence-electron chi connectivity index (χ2n) is 5.38. The highest BCUT2D eigenvalue weighted by Gasteiger charge is 2.14. The standard InChI is InChI=1S/C16H24BrN5O2/c1-4-6-7-22-16(19-20-21-22)18-11-12-9-13(17)10-14(23-3)15(12)24-8-5-2/h9-10H,4-8,11H2,1-3H3,(H,18,19,21). The van der Waals surface area contributed by atoms with Crippen LogP contribution >= 0.6 is 15.9 Å². The molecular formula is C16H24BrN5O2. The third-order valence-corrected chi connectivity index (χ3v) is 3.92. The Hall–Kier alpha value is -1.83. The van der Waals surface area contributed by atoms with Crippen molar-refractivity contribution in [2.24, 2.45) is 0 Å². The third kappa shape index (κ3) is 4.83. The van der Waals surface area contributed by atoms with Crippen LogP contribution in [0, 0.1) is 0 Å². The first-order chi connectivity index (χ1) is 11.7. The van der Waals surface area contributed by atoms with Gasteiger partial charge in [0.1, 0.15) is 0 Å². The van der Waals surface area contributed by atoms with E-state index in [-0.39, 0.29) is 0 Å². The van der Waals surface area contributed by atoms with Gasteiger partial charge in [-0.2, -0.15) is 0 Å². The molecule has 0 radical (unpaired) electrons. The van der Waals surface area contributed by atoms with Gasteiger partial charge >= 0.3 is 0 Å². The first-order valence-corrected chi connectivity index (χ1v) is 8.98. The minimum Gasteiger partial charge on any atom is -0.493 e. The molecule has 8 heteroatoms. The molecule has 24 heavy (non-hydrogen) atoms. The lowest BCUT2D eigenvalue weighted by Crippen LogP contribution is -2.11. The molecule has 1 heterocycles. The summed E-state index contributed by atoms with van der Waals surface area (Å²) >= 11 is 3.51. The van der Waals surface area contributed by atoms with E-state index >= 15 is 0 Å². The number of rotatable bonds is 10. The van der Waals surface area contributed by atoms with Crippen LogP contribution in [0.15, 0.2) is 16.6 Å². The van der Waals surface area contributed by atoms with Gasteiger partial charge in [0, 0.05) is 23.1 Å². The van der Waals surface area contributed by atoms with Crippen LogP contribution in [-0.4, -0.2) is 33.9 Å². The average Bonchev–Trinajstić information content (AvgIpc) is 3.03. The molecule has 0 aliphatic heterocycles. The van der Waals surface area contributed by atoms with E-state index in [9.17, 15) is 0 Å². The maximum Gasteiger partial charge on any atom is 0.243 e. The number of methoxy groups -OCH3 is 1. The van der Waals surface area contributed by atoms with Crippen molar-refractivity contribution in [1.29, 1.82) is 0 Å². The van der Waals surface area contributed by atoms with Crippen molar-refractivity contribution in [2.75, 3.05) is 19.0 Å². The van der Waals surface area contributed by atoms with Gasteiger partial charge in [-0.3, -0.25) is 0 Å². The van der Waals surface area contributed by atoms with Crippen molar-refractivity contribution < 1.29 is 9.47 Å². The minimum absolute atomic E-state index is 0.543. The van der Waals surface area contributed by atoms with Gasteiger partial charge in [0.15, 0.2) is 11.5 Å². The number of anilines is 1. The maximum atomic E-state index is 5.88. The van der Waals surface area contributed by atoms with Gasteiger partial charge in [0.2, 0.25) is 5.95 Å². The fourth-order valence-electron chi connectivity index (χ4n) is 2.24. The van der Waals surface area contributed by atoms with Crippen molar-refractivity contribution >= 4 is 21.9 Å². The van der Waals surface area contributed by atoms with Crippen molar-refractivity contribution in [3.8, 4) is 11.5 Å². The number of aromatic nitrogens is 4. The predicted octanol–water partition coefficient (Wildman–Crippen LogP) is 3.65. The molecule has 2 aromatic rings. The molecule has 0 saturated carbocycles. The molecule has 0 aliphatic carbocycles. The van der Waals surface area contributed by atoms with Crippen LogP contribution in [0.4, 0.5) is 5.95 Å². The summed E-state index contributed by atoms with van der Waals surface area (Å²) in [6.45, 7) is 6.20. The predicted molar refractivity (Wildman–Crippen MR) is 96.5 cm³/mol. The summed E-state index contributed by atoms with van der Waals surface area (Å²) in [7, 11) is 1.64. The monoisotopic (exact) mass is 397 g/mol. The van der Waals surface area contributed by atoms with Gasteiger partial charge in [0.25, 0.3) is 0 Å². The summed E-state index contributed by atoms with van der Waals surface area (Å²) in [6, 6.07) is 3.92. The number of aryl methyl sites for hydroxylation is 1. The minimum atomic E-state index is 0.543. The summed E-state index contributed by atoms with van der Waals surface area (Å²) < 4.78 is 14.1. The Bertz CT molecular complexity index is 647. The quantitative estimate of drug-likeness (QED) is 0.659. The van der Waals surface area contributed by atoms with Gasteiger partial charge in [0.05, 0.1) is 13.7 Å². The van der Waals surface area contributed by atoms with E-state index in [0.29, 0.717) is 24.8 Å². The van der Waals surface area contributed by atoms with Gasteiger partial charge in [-0.05, 0) is 35.4 Å². The highest BCUT2D eigenvalue weighted by molar-refractivity contribution is 9.10. The largest absolute Gasteiger partial charge is 0.493 e. The first kappa shape index (κ1) is 18.5. The van der Waals surface area contributed by atoms with Gasteiger partial charge < -0.3 is 14.8 Å². The molecular weight excluding hydrogens is 374 g/mol. The fourth-order valence-corrected chi connectivity index (χ4v) is 2.72. The number of benzene rings is 1. The first-order valence-electron chi connectivity index (χ1n) is 8.18. The Morgan fingerprint density at radius 2 is 2.08 bits per heavy atom. The SMILES string of the molecule is CCCCn1nnnc1NCc1cc(Br)cc(OC)c1OCCC. The highest BCUT2D eigenvalue weighted by atomic mass is 79.9. The molecule has 0 amide bonds. The molecule has 2 rings (SSSR count). The molecule has 1 aromatic heterocycles. The molecule has 0 bridgehead atoms. The molecule has 0 atom stereocenters. The molecule has 0 spiro atoms. The normalized spacial score (nSPS) is 10.7. The summed E-state index contributed by atoms with van der Waals surface area (Å²) in [5.74, 6) is 2.12. The molecule has 1 aromatic carbocycles. The second-order valence-corrected chi connectivity index (χ2v) is 6.29. The summed E-state index contributed by atoms with van der Waals surface area (Å²) in [5.41, 5.74) is 0.986. The summed E-state index contributed by atoms with van der Waals surface area (Å²) in [5, 5.41) is 15.1. The number of hydrogen-bond acceptors (Lipinski definition) is 6. The zero-order valence-corrected chi connectivity index (χ0v) is 16.0. The van der Waals surface area contributed by atoms with Crippen LogP contribution in [0.1, 0.15) is 38.7 Å². The van der Waals surface area contributed by atoms with E-state index in [1.807, 2.05) is 12.1 Å². The van der Waals surface area contributed by atoms with E-state index in [1.54, 1.807) is 11.8 Å². The summed E-state index contributed by atoms with van der Waals surface area (Å²) in [4.78, 5) is 0. The number of nitrogens with one attached hydrogen (secondary N) is 1. The number of unbranched alkanes of at least 4 members (excludes halogenated alkanes) is 1. The highest BCUT2D eigenvalue weighted by Crippen LogP contribution is 2.35. The van der Waals surface area contributed by atoms with Gasteiger partial charge in [-0.25, -0.2) is 4.68 Å². The smallest absolute Gasteiger partial charge is 0.243 e. The number of hydrogen-bond donors (Lipinski definition) is 1. The van der Waals surface area contributed by atoms with E-state index in [4.69, 9.17) is 9.47 Å². The van der Waals surface area contributed by atoms with Crippen LogP contribution in [0.2, 0.25) is 0 Å². The van der Waals surface area contributed by atoms with Crippen molar-refractivity contribution in [3.63, 3.8) is 0 Å². The third-order valence-electron chi connectivity index (χ3n) is 3.46. The molecule has 0 aliphatic rings. The fraction of sp³-hybridized carbons (Fsp3) is 0.562. The number of ether oxygens (including phenoxy) is 2. The average molecular weight is 398 g/mol. The van der Waals surface area contributed by atoms with Crippen molar-refractivity contribution in [1.82, 2.24) is 20.2 Å². The van der Waals surface area contributed by atoms with Gasteiger partial charge in [-0.15, -0.1) is 0 Å². The second kappa shape index (κ2) is 9.46. The Kier molecular flexibility index (Phi) is 7.30. The van der Waals surface area contributed by atoms with Crippen molar-refractivity contribution in [2.45, 2.75) is 46.2 Å². The Morgan fingerprint density at radius 1 is 1.25 bits per heavy atom. The van der Waals surface area contributed by atoms with Crippen LogP contribution in [-0.2, 0) is 13.1 Å². The Morgan fingerprint density at radius 3 is 2.79 bits per heavy atom. The molecule has 0 fully saturated rings. The molecule has 0 unspecified atom stereocenters. The van der Waals surface area contributed by atoms with E-state index in [0.717, 1.165) is 41.6 Å². The number of tetrazole rings is 1. The lowest BCUT2D eigenvalue weighted by atomic mass is 10.2. The lowest BCUT2D eigenvalue weighted by molar-refractivity contribution is 0.291. The summed E-state index contributed by atoms with van der Waals surface area (Å²) in [6.07, 6.45) is 3.06. The van der Waals surface area contributed by atoms with Gasteiger partial charge in [-0.1, -0.05) is 41.3 Å². The maximum absolute atomic E-state index is 5.88. The zero-order valence-electron chi connectivity index (χ0n) is 14.4. The molecule has 7 nitrogen and oxygen atoms in total. The van der Waals surface area contributed by atoms with E-state index < -0.39 is 0 Å². The van der Waals surface area contributed by atoms with Crippen LogP contribution < -0.4 is 14.8 Å². The Labute approximate surface area is 150 Å². The number of halogens is 1. The Balaban J connectivity index is 2.16. The van der Waals surface area contributed by atoms with Crippen LogP contribution in [0.5, 0.6) is 11.5 Å². The van der Waals surface area contributed by atoms with Crippen LogP contribution in [0.3, 0.4) is 0 Å². The lowest BCUT2D eigenvalue weighted by Gasteiger charge is -2.16. The molecule has 1 N–H and O–H groups in total. The number of nitrogens with zero attached hydrogens (tertiary/aromatic N) is 4. The van der Waals surface area contributed by atoms with Crippen LogP contribution in [0.25, 0.3) is 0 Å². The van der Waals surface area contributed by atoms with Crippen molar-refractivity contribution in [3.05, 3.63) is 22.2 Å². The topological polar surface area (TPSA) is 74.1 Å². The van der Waals surface area contributed by atoms with E-state index in [1.165, 1.54) is 0 Å². The molecule has 132 valence electrons. The molecule has 0 saturated heterocycles. The zero-order chi connectivity index (χ0) is 17.4.